The van der Waals surface area contributed by atoms with Gasteiger partial charge in [-0.15, -0.1) is 0 Å². The third-order valence-corrected chi connectivity index (χ3v) is 3.20. The molecule has 0 atom stereocenters. The Balaban J connectivity index is 2.18. The van der Waals surface area contributed by atoms with Crippen LogP contribution in [0.1, 0.15) is 34.6 Å². The SMILES string of the molecule is CC(C)(C)OC(=O)C(C)(C)Oc1cccc(-c2ccccc2)c1. The van der Waals surface area contributed by atoms with Crippen molar-refractivity contribution in [3.05, 3.63) is 54.6 Å². The first kappa shape index (κ1) is 17.1. The molecular weight excluding hydrogens is 288 g/mol. The maximum Gasteiger partial charge on any atom is 0.350 e. The number of hydrogen-bond donors (Lipinski definition) is 0. The number of carbonyl (C=O) groups is 1. The van der Waals surface area contributed by atoms with E-state index >= 15 is 0 Å². The first-order valence-corrected chi connectivity index (χ1v) is 7.75. The molecule has 0 saturated carbocycles. The van der Waals surface area contributed by atoms with Gasteiger partial charge in [-0.3, -0.25) is 0 Å². The van der Waals surface area contributed by atoms with Crippen molar-refractivity contribution in [2.24, 2.45) is 0 Å². The van der Waals surface area contributed by atoms with Crippen molar-refractivity contribution < 1.29 is 14.3 Å². The van der Waals surface area contributed by atoms with E-state index in [1.54, 1.807) is 13.8 Å². The van der Waals surface area contributed by atoms with E-state index in [0.29, 0.717) is 5.75 Å². The first-order chi connectivity index (χ1) is 10.7. The Morgan fingerprint density at radius 1 is 0.826 bits per heavy atom. The summed E-state index contributed by atoms with van der Waals surface area (Å²) >= 11 is 0. The average molecular weight is 312 g/mol. The zero-order chi connectivity index (χ0) is 17.1. The van der Waals surface area contributed by atoms with Crippen LogP contribution in [-0.4, -0.2) is 17.2 Å². The lowest BCUT2D eigenvalue weighted by Gasteiger charge is -2.29. The average Bonchev–Trinajstić information content (AvgIpc) is 2.46. The molecule has 0 aliphatic rings. The Morgan fingerprint density at radius 3 is 2.04 bits per heavy atom. The third kappa shape index (κ3) is 4.85. The molecule has 0 amide bonds. The van der Waals surface area contributed by atoms with Gasteiger partial charge in [-0.2, -0.15) is 0 Å². The predicted octanol–water partition coefficient (Wildman–Crippen LogP) is 4.85. The highest BCUT2D eigenvalue weighted by molar-refractivity contribution is 5.79. The summed E-state index contributed by atoms with van der Waals surface area (Å²) < 4.78 is 11.3. The molecule has 3 heteroatoms. The van der Waals surface area contributed by atoms with E-state index in [9.17, 15) is 4.79 Å². The van der Waals surface area contributed by atoms with E-state index in [4.69, 9.17) is 9.47 Å². The molecule has 3 nitrogen and oxygen atoms in total. The Morgan fingerprint density at radius 2 is 1.43 bits per heavy atom. The van der Waals surface area contributed by atoms with Crippen molar-refractivity contribution in [3.8, 4) is 16.9 Å². The lowest BCUT2D eigenvalue weighted by Crippen LogP contribution is -2.43. The fourth-order valence-electron chi connectivity index (χ4n) is 2.11. The summed E-state index contributed by atoms with van der Waals surface area (Å²) in [6.45, 7) is 8.97. The summed E-state index contributed by atoms with van der Waals surface area (Å²) in [5, 5.41) is 0. The first-order valence-electron chi connectivity index (χ1n) is 7.75. The molecule has 0 saturated heterocycles. The number of esters is 1. The van der Waals surface area contributed by atoms with Crippen molar-refractivity contribution >= 4 is 5.97 Å². The highest BCUT2D eigenvalue weighted by atomic mass is 16.6. The Hall–Kier alpha value is -2.29. The lowest BCUT2D eigenvalue weighted by atomic mass is 10.1. The smallest absolute Gasteiger partial charge is 0.350 e. The number of hydrogen-bond acceptors (Lipinski definition) is 3. The molecule has 0 N–H and O–H groups in total. The highest BCUT2D eigenvalue weighted by Gasteiger charge is 2.34. The summed E-state index contributed by atoms with van der Waals surface area (Å²) in [5.74, 6) is 0.261. The van der Waals surface area contributed by atoms with Crippen LogP contribution in [-0.2, 0) is 9.53 Å². The summed E-state index contributed by atoms with van der Waals surface area (Å²) in [7, 11) is 0. The second-order valence-electron chi connectivity index (χ2n) is 7.01. The van der Waals surface area contributed by atoms with Gasteiger partial charge in [0.1, 0.15) is 11.4 Å². The molecule has 0 aliphatic carbocycles. The van der Waals surface area contributed by atoms with Crippen molar-refractivity contribution in [1.29, 1.82) is 0 Å². The zero-order valence-electron chi connectivity index (χ0n) is 14.4. The topological polar surface area (TPSA) is 35.5 Å². The minimum Gasteiger partial charge on any atom is -0.476 e. The van der Waals surface area contributed by atoms with Crippen LogP contribution in [0.25, 0.3) is 11.1 Å². The van der Waals surface area contributed by atoms with Crippen LogP contribution in [0.2, 0.25) is 0 Å². The molecule has 0 fully saturated rings. The Labute approximate surface area is 138 Å². The van der Waals surface area contributed by atoms with Crippen molar-refractivity contribution in [2.75, 3.05) is 0 Å². The monoisotopic (exact) mass is 312 g/mol. The number of rotatable bonds is 4. The molecule has 2 aromatic rings. The van der Waals surface area contributed by atoms with E-state index < -0.39 is 11.2 Å². The van der Waals surface area contributed by atoms with E-state index in [0.717, 1.165) is 11.1 Å². The summed E-state index contributed by atoms with van der Waals surface area (Å²) in [5.41, 5.74) is 0.558. The van der Waals surface area contributed by atoms with E-state index in [-0.39, 0.29) is 5.97 Å². The molecule has 122 valence electrons. The largest absolute Gasteiger partial charge is 0.476 e. The van der Waals surface area contributed by atoms with Crippen molar-refractivity contribution in [1.82, 2.24) is 0 Å². The van der Waals surface area contributed by atoms with Gasteiger partial charge in [-0.25, -0.2) is 4.79 Å². The second kappa shape index (κ2) is 6.45. The lowest BCUT2D eigenvalue weighted by molar-refractivity contribution is -0.170. The molecule has 0 radical (unpaired) electrons. The van der Waals surface area contributed by atoms with E-state index in [1.165, 1.54) is 0 Å². The summed E-state index contributed by atoms with van der Waals surface area (Å²) in [4.78, 5) is 12.3. The second-order valence-corrected chi connectivity index (χ2v) is 7.01. The number of ether oxygens (including phenoxy) is 2. The quantitative estimate of drug-likeness (QED) is 0.757. The van der Waals surface area contributed by atoms with Crippen LogP contribution < -0.4 is 4.74 Å². The van der Waals surface area contributed by atoms with Gasteiger partial charge in [0.25, 0.3) is 0 Å². The minimum absolute atomic E-state index is 0.380. The molecular formula is C20H24O3. The van der Waals surface area contributed by atoms with E-state index in [2.05, 4.69) is 0 Å². The molecule has 2 rings (SSSR count). The summed E-state index contributed by atoms with van der Waals surface area (Å²) in [6, 6.07) is 17.8. The molecule has 23 heavy (non-hydrogen) atoms. The van der Waals surface area contributed by atoms with Gasteiger partial charge in [0.05, 0.1) is 0 Å². The number of carbonyl (C=O) groups excluding carboxylic acids is 1. The molecule has 2 aromatic carbocycles. The van der Waals surface area contributed by atoms with Crippen LogP contribution in [0, 0.1) is 0 Å². The Kier molecular flexibility index (Phi) is 4.79. The van der Waals surface area contributed by atoms with Crippen molar-refractivity contribution in [3.63, 3.8) is 0 Å². The normalized spacial score (nSPS) is 11.9. The predicted molar refractivity (Wildman–Crippen MR) is 92.4 cm³/mol. The maximum atomic E-state index is 12.3. The zero-order valence-corrected chi connectivity index (χ0v) is 14.4. The van der Waals surface area contributed by atoms with Crippen LogP contribution in [0.3, 0.4) is 0 Å². The van der Waals surface area contributed by atoms with Gasteiger partial charge in [-0.05, 0) is 57.9 Å². The van der Waals surface area contributed by atoms with Crippen LogP contribution in [0.4, 0.5) is 0 Å². The molecule has 0 heterocycles. The van der Waals surface area contributed by atoms with Crippen LogP contribution in [0.15, 0.2) is 54.6 Å². The fourth-order valence-corrected chi connectivity index (χ4v) is 2.11. The minimum atomic E-state index is -1.05. The fraction of sp³-hybridized carbons (Fsp3) is 0.350. The Bertz CT molecular complexity index is 667. The highest BCUT2D eigenvalue weighted by Crippen LogP contribution is 2.27. The van der Waals surface area contributed by atoms with Gasteiger partial charge in [0.15, 0.2) is 5.60 Å². The van der Waals surface area contributed by atoms with Gasteiger partial charge >= 0.3 is 5.97 Å². The van der Waals surface area contributed by atoms with Gasteiger partial charge in [-0.1, -0.05) is 42.5 Å². The number of benzene rings is 2. The standard InChI is InChI=1S/C20H24O3/c1-19(2,3)23-18(21)20(4,5)22-17-13-9-12-16(14-17)15-10-7-6-8-11-15/h6-14H,1-5H3. The van der Waals surface area contributed by atoms with Gasteiger partial charge in [0, 0.05) is 0 Å². The van der Waals surface area contributed by atoms with Crippen LogP contribution >= 0.6 is 0 Å². The van der Waals surface area contributed by atoms with Crippen LogP contribution in [0.5, 0.6) is 5.75 Å². The van der Waals surface area contributed by atoms with Gasteiger partial charge < -0.3 is 9.47 Å². The molecule has 0 aromatic heterocycles. The third-order valence-electron chi connectivity index (χ3n) is 3.20. The van der Waals surface area contributed by atoms with Gasteiger partial charge in [0.2, 0.25) is 0 Å². The molecule has 0 aliphatic heterocycles. The molecule has 0 spiro atoms. The summed E-state index contributed by atoms with van der Waals surface area (Å²) in [6.07, 6.45) is 0. The van der Waals surface area contributed by atoms with Crippen molar-refractivity contribution in [2.45, 2.75) is 45.8 Å². The maximum absolute atomic E-state index is 12.3. The molecule has 0 bridgehead atoms. The van der Waals surface area contributed by atoms with E-state index in [1.807, 2.05) is 75.4 Å². The molecule has 0 unspecified atom stereocenters.